The third-order valence-electron chi connectivity index (χ3n) is 10.7. The zero-order valence-electron chi connectivity index (χ0n) is 28.7. The van der Waals surface area contributed by atoms with Crippen LogP contribution in [0, 0.1) is 0 Å². The molecule has 6 aromatic carbocycles. The van der Waals surface area contributed by atoms with Crippen LogP contribution in [0.1, 0.15) is 53.2 Å². The van der Waals surface area contributed by atoms with Crippen LogP contribution in [0.15, 0.2) is 181 Å². The molecule has 1 N–H and O–H groups in total. The summed E-state index contributed by atoms with van der Waals surface area (Å²) in [6, 6.07) is 54.4. The first-order valence-corrected chi connectivity index (χ1v) is 18.2. The summed E-state index contributed by atoms with van der Waals surface area (Å²) in [7, 11) is 0. The zero-order valence-corrected chi connectivity index (χ0v) is 28.7. The average molecular weight is 672 g/mol. The maximum atomic E-state index is 6.67. The van der Waals surface area contributed by atoms with Crippen LogP contribution in [0.5, 0.6) is 11.5 Å². The van der Waals surface area contributed by atoms with Crippen molar-refractivity contribution < 1.29 is 4.74 Å². The molecule has 4 heteroatoms. The highest BCUT2D eigenvalue weighted by atomic mass is 16.5. The Bertz CT molecular complexity index is 2540. The Hall–Kier alpha value is -6.23. The van der Waals surface area contributed by atoms with Gasteiger partial charge in [0.25, 0.3) is 0 Å². The first-order valence-electron chi connectivity index (χ1n) is 18.2. The normalized spacial score (nSPS) is 18.8. The van der Waals surface area contributed by atoms with Crippen molar-refractivity contribution in [1.82, 2.24) is 9.88 Å². The zero-order chi connectivity index (χ0) is 34.4. The van der Waals surface area contributed by atoms with Crippen molar-refractivity contribution in [2.75, 3.05) is 0 Å². The SMILES string of the molecule is C1=CCC(c2cc(C3=NC(c4ccccc4)NC(c4ccccc4)C3)cc(-n3c4c(c5ccccc53)-c3ccccc3Oc3ccccc3-4)c2)C=C1. The molecule has 0 spiro atoms. The van der Waals surface area contributed by atoms with Crippen LogP contribution in [0.25, 0.3) is 39.0 Å². The fourth-order valence-corrected chi connectivity index (χ4v) is 8.23. The van der Waals surface area contributed by atoms with Crippen molar-refractivity contribution in [3.63, 3.8) is 0 Å². The number of ether oxygens (including phenoxy) is 1. The third kappa shape index (κ3) is 5.31. The van der Waals surface area contributed by atoms with Gasteiger partial charge in [0.05, 0.1) is 11.2 Å². The number of rotatable bonds is 5. The molecule has 0 bridgehead atoms. The van der Waals surface area contributed by atoms with Gasteiger partial charge in [-0.2, -0.15) is 0 Å². The molecule has 1 aromatic heterocycles. The molecule has 3 heterocycles. The van der Waals surface area contributed by atoms with Gasteiger partial charge in [-0.3, -0.25) is 10.3 Å². The number of para-hydroxylation sites is 3. The average Bonchev–Trinajstić information content (AvgIpc) is 3.49. The van der Waals surface area contributed by atoms with Crippen molar-refractivity contribution in [3.8, 4) is 39.6 Å². The number of aromatic nitrogens is 1. The Labute approximate surface area is 304 Å². The van der Waals surface area contributed by atoms with Crippen LogP contribution in [0.3, 0.4) is 0 Å². The van der Waals surface area contributed by atoms with Gasteiger partial charge in [0.1, 0.15) is 17.7 Å². The highest BCUT2D eigenvalue weighted by Gasteiger charge is 2.30. The molecule has 0 amide bonds. The summed E-state index contributed by atoms with van der Waals surface area (Å²) in [5.41, 5.74) is 12.8. The van der Waals surface area contributed by atoms with E-state index < -0.39 is 0 Å². The van der Waals surface area contributed by atoms with E-state index in [2.05, 4.69) is 186 Å². The van der Waals surface area contributed by atoms with E-state index in [1.807, 2.05) is 0 Å². The predicted octanol–water partition coefficient (Wildman–Crippen LogP) is 11.9. The van der Waals surface area contributed by atoms with E-state index in [0.717, 1.165) is 69.2 Å². The van der Waals surface area contributed by atoms with Crippen molar-refractivity contribution in [3.05, 3.63) is 198 Å². The molecular weight excluding hydrogens is 635 g/mol. The molecule has 3 aliphatic rings. The van der Waals surface area contributed by atoms with E-state index in [1.165, 1.54) is 22.1 Å². The fourth-order valence-electron chi connectivity index (χ4n) is 8.23. The van der Waals surface area contributed by atoms with Gasteiger partial charge < -0.3 is 9.30 Å². The monoisotopic (exact) mass is 671 g/mol. The number of hydrogen-bond donors (Lipinski definition) is 1. The number of nitrogens with zero attached hydrogens (tertiary/aromatic N) is 2. The van der Waals surface area contributed by atoms with E-state index in [9.17, 15) is 0 Å². The second-order valence-electron chi connectivity index (χ2n) is 13.9. The van der Waals surface area contributed by atoms with E-state index in [0.29, 0.717) is 0 Å². The molecular formula is C48H37N3O. The summed E-state index contributed by atoms with van der Waals surface area (Å²) in [5, 5.41) is 5.07. The van der Waals surface area contributed by atoms with Gasteiger partial charge in [-0.1, -0.05) is 133 Å². The molecule has 7 aromatic rings. The molecule has 2 aliphatic heterocycles. The number of fused-ring (bicyclic) bond motifs is 7. The lowest BCUT2D eigenvalue weighted by atomic mass is 9.88. The summed E-state index contributed by atoms with van der Waals surface area (Å²) in [4.78, 5) is 5.48. The molecule has 1 aliphatic carbocycles. The second kappa shape index (κ2) is 12.8. The summed E-state index contributed by atoms with van der Waals surface area (Å²) in [5.74, 6) is 1.99. The largest absolute Gasteiger partial charge is 0.456 e. The number of benzene rings is 6. The van der Waals surface area contributed by atoms with Gasteiger partial charge in [0.2, 0.25) is 0 Å². The van der Waals surface area contributed by atoms with Crippen LogP contribution in [-0.2, 0) is 0 Å². The standard InChI is InChI=1S/C48H37N3O/c1-4-16-32(17-5-1)35-28-36(42-31-41(33-18-6-2-7-19-33)49-48(50-42)34-20-8-3-9-21-34)30-37(29-35)51-43-25-13-10-22-38(43)46-39-23-11-14-26-44(39)52-45-27-15-12-24-40(45)47(46)51/h1-16,18-30,32,41,48-49H,17,31H2. The van der Waals surface area contributed by atoms with Crippen LogP contribution in [-0.4, -0.2) is 10.3 Å². The van der Waals surface area contributed by atoms with Crippen LogP contribution >= 0.6 is 0 Å². The second-order valence-corrected chi connectivity index (χ2v) is 13.9. The van der Waals surface area contributed by atoms with Crippen molar-refractivity contribution in [1.29, 1.82) is 0 Å². The Balaban J connectivity index is 1.23. The molecule has 250 valence electrons. The summed E-state index contributed by atoms with van der Waals surface area (Å²) < 4.78 is 9.14. The molecule has 0 radical (unpaired) electrons. The minimum absolute atomic E-state index is 0.118. The van der Waals surface area contributed by atoms with Gasteiger partial charge in [-0.15, -0.1) is 0 Å². The molecule has 3 unspecified atom stereocenters. The van der Waals surface area contributed by atoms with Gasteiger partial charge in [0.15, 0.2) is 0 Å². The van der Waals surface area contributed by atoms with Gasteiger partial charge >= 0.3 is 0 Å². The van der Waals surface area contributed by atoms with Gasteiger partial charge in [-0.05, 0) is 71.1 Å². The van der Waals surface area contributed by atoms with Crippen molar-refractivity contribution in [2.24, 2.45) is 4.99 Å². The Kier molecular flexibility index (Phi) is 7.54. The maximum Gasteiger partial charge on any atom is 0.136 e. The molecule has 4 nitrogen and oxygen atoms in total. The summed E-state index contributed by atoms with van der Waals surface area (Å²) >= 11 is 0. The number of nitrogens with one attached hydrogen (secondary N) is 1. The van der Waals surface area contributed by atoms with Crippen molar-refractivity contribution in [2.45, 2.75) is 31.0 Å². The molecule has 0 saturated heterocycles. The lowest BCUT2D eigenvalue weighted by Gasteiger charge is -2.31. The lowest BCUT2D eigenvalue weighted by molar-refractivity contribution is 0.442. The van der Waals surface area contributed by atoms with E-state index >= 15 is 0 Å². The molecule has 10 rings (SSSR count). The Morgan fingerprint density at radius 2 is 1.33 bits per heavy atom. The third-order valence-corrected chi connectivity index (χ3v) is 10.7. The highest BCUT2D eigenvalue weighted by molar-refractivity contribution is 6.09. The molecule has 0 fully saturated rings. The van der Waals surface area contributed by atoms with Gasteiger partial charge in [0, 0.05) is 51.9 Å². The lowest BCUT2D eigenvalue weighted by Crippen LogP contribution is -2.33. The predicted molar refractivity (Wildman–Crippen MR) is 213 cm³/mol. The first-order chi connectivity index (χ1) is 25.8. The van der Waals surface area contributed by atoms with Crippen LogP contribution in [0.4, 0.5) is 0 Å². The minimum atomic E-state index is -0.163. The molecule has 3 atom stereocenters. The Morgan fingerprint density at radius 1 is 0.635 bits per heavy atom. The summed E-state index contributed by atoms with van der Waals surface area (Å²) in [6.45, 7) is 0. The number of allylic oxidation sites excluding steroid dienone is 4. The fraction of sp³-hybridized carbons (Fsp3) is 0.104. The maximum absolute atomic E-state index is 6.67. The molecule has 0 saturated carbocycles. The Morgan fingerprint density at radius 3 is 2.12 bits per heavy atom. The smallest absolute Gasteiger partial charge is 0.136 e. The quantitative estimate of drug-likeness (QED) is 0.198. The summed E-state index contributed by atoms with van der Waals surface area (Å²) in [6.07, 6.45) is 10.5. The topological polar surface area (TPSA) is 38.5 Å². The van der Waals surface area contributed by atoms with Crippen molar-refractivity contribution >= 4 is 16.6 Å². The van der Waals surface area contributed by atoms with Crippen LogP contribution < -0.4 is 10.1 Å². The number of aliphatic imine (C=N–C) groups is 1. The first kappa shape index (κ1) is 30.6. The number of hydrogen-bond acceptors (Lipinski definition) is 3. The van der Waals surface area contributed by atoms with E-state index in [4.69, 9.17) is 9.73 Å². The van der Waals surface area contributed by atoms with E-state index in [-0.39, 0.29) is 18.1 Å². The van der Waals surface area contributed by atoms with E-state index in [1.54, 1.807) is 0 Å². The minimum Gasteiger partial charge on any atom is -0.456 e. The highest BCUT2D eigenvalue weighted by Crippen LogP contribution is 2.51. The molecule has 52 heavy (non-hydrogen) atoms. The van der Waals surface area contributed by atoms with Crippen LogP contribution in [0.2, 0.25) is 0 Å². The van der Waals surface area contributed by atoms with Gasteiger partial charge in [-0.25, -0.2) is 0 Å².